The summed E-state index contributed by atoms with van der Waals surface area (Å²) in [5.41, 5.74) is 1.60. The van der Waals surface area contributed by atoms with Gasteiger partial charge in [0.15, 0.2) is 0 Å². The van der Waals surface area contributed by atoms with Gasteiger partial charge in [-0.2, -0.15) is 13.2 Å². The molecular weight excluding hydrogens is 337 g/mol. The van der Waals surface area contributed by atoms with Gasteiger partial charge in [-0.05, 0) is 30.7 Å². The Labute approximate surface area is 139 Å². The molecule has 0 atom stereocenters. The first-order valence-electron chi connectivity index (χ1n) is 7.24. The number of aryl methyl sites for hydroxylation is 1. The van der Waals surface area contributed by atoms with Gasteiger partial charge in [0.25, 0.3) is 0 Å². The monoisotopic (exact) mass is 350 g/mol. The van der Waals surface area contributed by atoms with Crippen LogP contribution >= 0.6 is 0 Å². The highest BCUT2D eigenvalue weighted by molar-refractivity contribution is 5.88. The molecule has 0 fully saturated rings. The van der Waals surface area contributed by atoms with Gasteiger partial charge in [-0.3, -0.25) is 0 Å². The van der Waals surface area contributed by atoms with Crippen LogP contribution in [0.5, 0.6) is 0 Å². The second-order valence-electron chi connectivity index (χ2n) is 5.46. The standard InChI is InChI=1S/C16H13F3N4O2/c1-8-6-11-12(22-15(16(17,18)19)23-13(11)21-8)20-7-9-2-4-10(5-3-9)14(24)25/h2-6H,7H2,1H3,(H,24,25)(H2,20,21,22,23). The average molecular weight is 350 g/mol. The number of alkyl halides is 3. The molecule has 25 heavy (non-hydrogen) atoms. The van der Waals surface area contributed by atoms with Crippen molar-refractivity contribution in [1.82, 2.24) is 15.0 Å². The highest BCUT2D eigenvalue weighted by Gasteiger charge is 2.35. The molecule has 3 N–H and O–H groups in total. The van der Waals surface area contributed by atoms with E-state index in [1.807, 2.05) is 0 Å². The van der Waals surface area contributed by atoms with Crippen LogP contribution in [0.15, 0.2) is 30.3 Å². The molecule has 0 aliphatic carbocycles. The maximum absolute atomic E-state index is 13.0. The Morgan fingerprint density at radius 2 is 1.92 bits per heavy atom. The van der Waals surface area contributed by atoms with Gasteiger partial charge in [-0.1, -0.05) is 12.1 Å². The molecule has 2 heterocycles. The van der Waals surface area contributed by atoms with Gasteiger partial charge in [0.05, 0.1) is 10.9 Å². The first-order chi connectivity index (χ1) is 11.7. The Bertz CT molecular complexity index is 933. The second-order valence-corrected chi connectivity index (χ2v) is 5.46. The lowest BCUT2D eigenvalue weighted by Gasteiger charge is -2.10. The zero-order valence-electron chi connectivity index (χ0n) is 13.0. The van der Waals surface area contributed by atoms with Crippen molar-refractivity contribution < 1.29 is 23.1 Å². The summed E-state index contributed by atoms with van der Waals surface area (Å²) in [6.07, 6.45) is -4.66. The number of aromatic carboxylic acids is 1. The molecule has 0 bridgehead atoms. The van der Waals surface area contributed by atoms with Gasteiger partial charge in [-0.15, -0.1) is 0 Å². The number of aromatic nitrogens is 3. The molecule has 3 aromatic rings. The molecule has 6 nitrogen and oxygen atoms in total. The molecule has 0 unspecified atom stereocenters. The van der Waals surface area contributed by atoms with Crippen LogP contribution in [0, 0.1) is 6.92 Å². The fourth-order valence-corrected chi connectivity index (χ4v) is 2.35. The van der Waals surface area contributed by atoms with E-state index in [4.69, 9.17) is 5.11 Å². The minimum Gasteiger partial charge on any atom is -0.478 e. The van der Waals surface area contributed by atoms with Gasteiger partial charge in [0.1, 0.15) is 11.5 Å². The molecule has 9 heteroatoms. The Hall–Kier alpha value is -3.10. The molecular formula is C16H13F3N4O2. The van der Waals surface area contributed by atoms with Crippen LogP contribution in [-0.4, -0.2) is 26.0 Å². The minimum atomic E-state index is -4.66. The summed E-state index contributed by atoms with van der Waals surface area (Å²) in [7, 11) is 0. The number of nitrogens with one attached hydrogen (secondary N) is 2. The highest BCUT2D eigenvalue weighted by Crippen LogP contribution is 2.30. The van der Waals surface area contributed by atoms with Gasteiger partial charge in [0.2, 0.25) is 5.82 Å². The first-order valence-corrected chi connectivity index (χ1v) is 7.24. The Morgan fingerprint density at radius 1 is 1.24 bits per heavy atom. The van der Waals surface area contributed by atoms with Gasteiger partial charge < -0.3 is 15.4 Å². The fraction of sp³-hybridized carbons (Fsp3) is 0.188. The van der Waals surface area contributed by atoms with E-state index >= 15 is 0 Å². The maximum Gasteiger partial charge on any atom is 0.451 e. The van der Waals surface area contributed by atoms with Crippen LogP contribution in [0.1, 0.15) is 27.4 Å². The van der Waals surface area contributed by atoms with E-state index in [2.05, 4.69) is 20.3 Å². The third-order valence-corrected chi connectivity index (χ3v) is 3.54. The summed E-state index contributed by atoms with van der Waals surface area (Å²) >= 11 is 0. The number of hydrogen-bond acceptors (Lipinski definition) is 4. The predicted molar refractivity (Wildman–Crippen MR) is 84.4 cm³/mol. The van der Waals surface area contributed by atoms with E-state index in [-0.39, 0.29) is 23.6 Å². The van der Waals surface area contributed by atoms with E-state index in [0.717, 1.165) is 0 Å². The number of aromatic amines is 1. The number of halogens is 3. The normalized spacial score (nSPS) is 11.7. The van der Waals surface area contributed by atoms with Crippen molar-refractivity contribution in [3.05, 3.63) is 53.0 Å². The molecule has 0 aliphatic heterocycles. The van der Waals surface area contributed by atoms with E-state index < -0.39 is 18.0 Å². The van der Waals surface area contributed by atoms with Crippen LogP contribution < -0.4 is 5.32 Å². The SMILES string of the molecule is Cc1cc2c(NCc3ccc(C(=O)O)cc3)nc(C(F)(F)F)nc2[nH]1. The molecule has 3 rings (SSSR count). The molecule has 0 amide bonds. The van der Waals surface area contributed by atoms with Crippen LogP contribution in [0.25, 0.3) is 11.0 Å². The van der Waals surface area contributed by atoms with E-state index in [0.29, 0.717) is 16.6 Å². The van der Waals surface area contributed by atoms with Crippen molar-refractivity contribution >= 4 is 22.8 Å². The molecule has 0 spiro atoms. The number of carboxylic acids is 1. The molecule has 0 saturated heterocycles. The number of carboxylic acid groups (broad SMARTS) is 1. The lowest BCUT2D eigenvalue weighted by atomic mass is 10.1. The number of nitrogens with zero attached hydrogens (tertiary/aromatic N) is 2. The lowest BCUT2D eigenvalue weighted by molar-refractivity contribution is -0.144. The second kappa shape index (κ2) is 6.08. The van der Waals surface area contributed by atoms with Crippen molar-refractivity contribution in [3.63, 3.8) is 0 Å². The smallest absolute Gasteiger partial charge is 0.451 e. The van der Waals surface area contributed by atoms with Crippen molar-refractivity contribution in [3.8, 4) is 0 Å². The zero-order valence-corrected chi connectivity index (χ0v) is 13.0. The number of anilines is 1. The third-order valence-electron chi connectivity index (χ3n) is 3.54. The molecule has 0 aliphatic rings. The topological polar surface area (TPSA) is 90.9 Å². The molecule has 0 saturated carbocycles. The lowest BCUT2D eigenvalue weighted by Crippen LogP contribution is -2.13. The van der Waals surface area contributed by atoms with E-state index in [1.54, 1.807) is 25.1 Å². The average Bonchev–Trinajstić information content (AvgIpc) is 2.92. The van der Waals surface area contributed by atoms with Crippen molar-refractivity contribution in [2.24, 2.45) is 0 Å². The maximum atomic E-state index is 13.0. The van der Waals surface area contributed by atoms with Crippen LogP contribution in [0.4, 0.5) is 19.0 Å². The van der Waals surface area contributed by atoms with Gasteiger partial charge in [-0.25, -0.2) is 14.8 Å². The van der Waals surface area contributed by atoms with Crippen LogP contribution in [-0.2, 0) is 12.7 Å². The minimum absolute atomic E-state index is 0.0592. The van der Waals surface area contributed by atoms with Crippen molar-refractivity contribution in [2.45, 2.75) is 19.6 Å². The number of H-pyrrole nitrogens is 1. The number of hydrogen-bond donors (Lipinski definition) is 3. The van der Waals surface area contributed by atoms with Crippen LogP contribution in [0.3, 0.4) is 0 Å². The summed E-state index contributed by atoms with van der Waals surface area (Å²) in [6.45, 7) is 1.90. The van der Waals surface area contributed by atoms with Gasteiger partial charge >= 0.3 is 12.1 Å². The number of fused-ring (bicyclic) bond motifs is 1. The number of rotatable bonds is 4. The Kier molecular flexibility index (Phi) is 4.07. The summed E-state index contributed by atoms with van der Waals surface area (Å²) in [4.78, 5) is 20.7. The molecule has 1 aromatic carbocycles. The number of carbonyl (C=O) groups is 1. The Morgan fingerprint density at radius 3 is 2.52 bits per heavy atom. The molecule has 0 radical (unpaired) electrons. The fourth-order valence-electron chi connectivity index (χ4n) is 2.35. The van der Waals surface area contributed by atoms with Crippen molar-refractivity contribution in [1.29, 1.82) is 0 Å². The summed E-state index contributed by atoms with van der Waals surface area (Å²) < 4.78 is 38.9. The summed E-state index contributed by atoms with van der Waals surface area (Å²) in [5.74, 6) is -2.22. The van der Waals surface area contributed by atoms with Gasteiger partial charge in [0, 0.05) is 12.2 Å². The highest BCUT2D eigenvalue weighted by atomic mass is 19.4. The first kappa shape index (κ1) is 16.7. The number of benzene rings is 1. The largest absolute Gasteiger partial charge is 0.478 e. The zero-order chi connectivity index (χ0) is 18.2. The molecule has 2 aromatic heterocycles. The van der Waals surface area contributed by atoms with E-state index in [1.165, 1.54) is 12.1 Å². The molecule has 130 valence electrons. The Balaban J connectivity index is 1.90. The quantitative estimate of drug-likeness (QED) is 0.669. The van der Waals surface area contributed by atoms with Crippen molar-refractivity contribution in [2.75, 3.05) is 5.32 Å². The summed E-state index contributed by atoms with van der Waals surface area (Å²) in [6, 6.07) is 7.68. The van der Waals surface area contributed by atoms with E-state index in [9.17, 15) is 18.0 Å². The summed E-state index contributed by atoms with van der Waals surface area (Å²) in [5, 5.41) is 12.2. The predicted octanol–water partition coefficient (Wildman–Crippen LogP) is 3.60. The third kappa shape index (κ3) is 3.54. The van der Waals surface area contributed by atoms with Crippen LogP contribution in [0.2, 0.25) is 0 Å².